The van der Waals surface area contributed by atoms with Crippen molar-refractivity contribution in [3.63, 3.8) is 0 Å². The number of carbonyl (C=O) groups excluding carboxylic acids is 2. The third-order valence-electron chi connectivity index (χ3n) is 2.23. The van der Waals surface area contributed by atoms with Crippen LogP contribution in [0.25, 0.3) is 0 Å². The molecule has 0 atom stereocenters. The van der Waals surface area contributed by atoms with Crippen LogP contribution in [-0.4, -0.2) is 18.5 Å². The Morgan fingerprint density at radius 2 is 2.16 bits per heavy atom. The molecular weight excluding hydrogens is 268 g/mol. The summed E-state index contributed by atoms with van der Waals surface area (Å²) in [5.41, 5.74) is 0.823. The summed E-state index contributed by atoms with van der Waals surface area (Å²) in [6.07, 6.45) is 0.0444. The maximum Gasteiger partial charge on any atom is 0.306 e. The van der Waals surface area contributed by atoms with E-state index in [-0.39, 0.29) is 23.8 Å². The molecule has 0 spiro atoms. The van der Waals surface area contributed by atoms with Gasteiger partial charge in [-0.05, 0) is 25.1 Å². The molecule has 0 aromatic heterocycles. The molecule has 19 heavy (non-hydrogen) atoms. The first-order valence-electron chi connectivity index (χ1n) is 5.72. The Hall–Kier alpha value is -2.06. The van der Waals surface area contributed by atoms with Gasteiger partial charge in [0.25, 0.3) is 0 Å². The van der Waals surface area contributed by atoms with Crippen molar-refractivity contribution in [3.05, 3.63) is 28.8 Å². The average Bonchev–Trinajstić information content (AvgIpc) is 2.39. The molecule has 0 saturated heterocycles. The largest absolute Gasteiger partial charge is 0.466 e. The maximum atomic E-state index is 11.6. The summed E-state index contributed by atoms with van der Waals surface area (Å²) in [5, 5.41) is 11.5. The number of rotatable bonds is 5. The summed E-state index contributed by atoms with van der Waals surface area (Å²) in [5.74, 6) is -0.747. The fourth-order valence-electron chi connectivity index (χ4n) is 1.35. The van der Waals surface area contributed by atoms with Gasteiger partial charge in [-0.25, -0.2) is 0 Å². The number of ether oxygens (including phenoxy) is 1. The van der Waals surface area contributed by atoms with Crippen LogP contribution >= 0.6 is 11.6 Å². The van der Waals surface area contributed by atoms with Crippen molar-refractivity contribution in [2.75, 3.05) is 11.9 Å². The van der Waals surface area contributed by atoms with Crippen molar-refractivity contribution in [2.24, 2.45) is 0 Å². The second-order valence-electron chi connectivity index (χ2n) is 3.66. The second kappa shape index (κ2) is 7.39. The van der Waals surface area contributed by atoms with E-state index in [9.17, 15) is 9.59 Å². The molecule has 0 heterocycles. The number of benzene rings is 1. The first-order chi connectivity index (χ1) is 9.06. The highest BCUT2D eigenvalue weighted by Crippen LogP contribution is 2.22. The van der Waals surface area contributed by atoms with Crippen molar-refractivity contribution in [2.45, 2.75) is 19.8 Å². The van der Waals surface area contributed by atoms with Gasteiger partial charge >= 0.3 is 5.97 Å². The summed E-state index contributed by atoms with van der Waals surface area (Å²) in [7, 11) is 0. The highest BCUT2D eigenvalue weighted by Gasteiger charge is 2.09. The first kappa shape index (κ1) is 15.0. The van der Waals surface area contributed by atoms with E-state index in [1.54, 1.807) is 19.1 Å². The standard InChI is InChI=1S/C13H13ClN2O3/c1-2-19-13(18)6-5-12(17)16-11-4-3-9(8-15)7-10(11)14/h3-4,7H,2,5-6H2,1H3,(H,16,17). The summed E-state index contributed by atoms with van der Waals surface area (Å²) >= 11 is 5.91. The summed E-state index contributed by atoms with van der Waals surface area (Å²) in [6.45, 7) is 2.00. The summed E-state index contributed by atoms with van der Waals surface area (Å²) < 4.78 is 4.72. The lowest BCUT2D eigenvalue weighted by molar-refractivity contribution is -0.144. The fourth-order valence-corrected chi connectivity index (χ4v) is 1.58. The van der Waals surface area contributed by atoms with Crippen LogP contribution in [0.2, 0.25) is 5.02 Å². The van der Waals surface area contributed by atoms with Gasteiger partial charge in [-0.3, -0.25) is 9.59 Å². The third kappa shape index (κ3) is 4.98. The summed E-state index contributed by atoms with van der Waals surface area (Å²) in [6, 6.07) is 6.50. The molecule has 0 aliphatic rings. The quantitative estimate of drug-likeness (QED) is 0.841. The number of hydrogen-bond donors (Lipinski definition) is 1. The number of nitrogens with one attached hydrogen (secondary N) is 1. The Morgan fingerprint density at radius 1 is 1.42 bits per heavy atom. The van der Waals surface area contributed by atoms with Crippen LogP contribution in [0.15, 0.2) is 18.2 Å². The lowest BCUT2D eigenvalue weighted by Crippen LogP contribution is -2.14. The van der Waals surface area contributed by atoms with Crippen LogP contribution < -0.4 is 5.32 Å². The zero-order chi connectivity index (χ0) is 14.3. The van der Waals surface area contributed by atoms with Gasteiger partial charge in [0.05, 0.1) is 35.4 Å². The second-order valence-corrected chi connectivity index (χ2v) is 4.07. The van der Waals surface area contributed by atoms with Crippen molar-refractivity contribution in [1.29, 1.82) is 5.26 Å². The molecule has 0 aliphatic carbocycles. The molecule has 100 valence electrons. The minimum Gasteiger partial charge on any atom is -0.466 e. The smallest absolute Gasteiger partial charge is 0.306 e. The Balaban J connectivity index is 2.53. The van der Waals surface area contributed by atoms with E-state index in [4.69, 9.17) is 21.6 Å². The van der Waals surface area contributed by atoms with Gasteiger partial charge in [-0.1, -0.05) is 11.6 Å². The van der Waals surface area contributed by atoms with Crippen LogP contribution in [0, 0.1) is 11.3 Å². The van der Waals surface area contributed by atoms with Gasteiger partial charge in [0.1, 0.15) is 0 Å². The predicted octanol–water partition coefficient (Wildman–Crippen LogP) is 2.49. The van der Waals surface area contributed by atoms with Gasteiger partial charge in [0.2, 0.25) is 5.91 Å². The van der Waals surface area contributed by atoms with E-state index in [1.807, 2.05) is 6.07 Å². The Morgan fingerprint density at radius 3 is 2.74 bits per heavy atom. The molecule has 6 heteroatoms. The zero-order valence-electron chi connectivity index (χ0n) is 10.4. The summed E-state index contributed by atoms with van der Waals surface area (Å²) in [4.78, 5) is 22.7. The van der Waals surface area contributed by atoms with Gasteiger partial charge in [-0.15, -0.1) is 0 Å². The molecule has 0 aliphatic heterocycles. The highest BCUT2D eigenvalue weighted by atomic mass is 35.5. The van der Waals surface area contributed by atoms with Crippen LogP contribution in [0.3, 0.4) is 0 Å². The van der Waals surface area contributed by atoms with Crippen molar-refractivity contribution < 1.29 is 14.3 Å². The van der Waals surface area contributed by atoms with E-state index in [0.717, 1.165) is 0 Å². The number of anilines is 1. The molecule has 1 rings (SSSR count). The number of carbonyl (C=O) groups is 2. The van der Waals surface area contributed by atoms with Crippen LogP contribution in [-0.2, 0) is 14.3 Å². The SMILES string of the molecule is CCOC(=O)CCC(=O)Nc1ccc(C#N)cc1Cl. The zero-order valence-corrected chi connectivity index (χ0v) is 11.2. The lowest BCUT2D eigenvalue weighted by atomic mass is 10.2. The highest BCUT2D eigenvalue weighted by molar-refractivity contribution is 6.33. The minimum atomic E-state index is -0.413. The Kier molecular flexibility index (Phi) is 5.83. The van der Waals surface area contributed by atoms with Gasteiger partial charge < -0.3 is 10.1 Å². The number of amides is 1. The van der Waals surface area contributed by atoms with E-state index < -0.39 is 5.97 Å². The van der Waals surface area contributed by atoms with Crippen molar-refractivity contribution >= 4 is 29.2 Å². The number of nitrogens with zero attached hydrogens (tertiary/aromatic N) is 1. The van der Waals surface area contributed by atoms with E-state index in [2.05, 4.69) is 5.32 Å². The van der Waals surface area contributed by atoms with Crippen LogP contribution in [0.1, 0.15) is 25.3 Å². The van der Waals surface area contributed by atoms with E-state index >= 15 is 0 Å². The molecule has 1 N–H and O–H groups in total. The molecule has 0 saturated carbocycles. The predicted molar refractivity (Wildman–Crippen MR) is 70.7 cm³/mol. The van der Waals surface area contributed by atoms with E-state index in [1.165, 1.54) is 6.07 Å². The number of esters is 1. The molecule has 0 bridgehead atoms. The number of nitriles is 1. The van der Waals surface area contributed by atoms with Gasteiger partial charge in [0, 0.05) is 6.42 Å². The molecule has 1 aromatic rings. The monoisotopic (exact) mass is 280 g/mol. The first-order valence-corrected chi connectivity index (χ1v) is 6.09. The number of halogens is 1. The third-order valence-corrected chi connectivity index (χ3v) is 2.55. The van der Waals surface area contributed by atoms with Crippen LogP contribution in [0.5, 0.6) is 0 Å². The van der Waals surface area contributed by atoms with Gasteiger partial charge in [0.15, 0.2) is 0 Å². The average molecular weight is 281 g/mol. The molecule has 5 nitrogen and oxygen atoms in total. The van der Waals surface area contributed by atoms with Crippen molar-refractivity contribution in [3.8, 4) is 6.07 Å². The Bertz CT molecular complexity index is 523. The molecule has 0 fully saturated rings. The lowest BCUT2D eigenvalue weighted by Gasteiger charge is -2.07. The number of hydrogen-bond acceptors (Lipinski definition) is 4. The molecular formula is C13H13ClN2O3. The minimum absolute atomic E-state index is 0.0214. The maximum absolute atomic E-state index is 11.6. The molecule has 1 amide bonds. The van der Waals surface area contributed by atoms with E-state index in [0.29, 0.717) is 17.9 Å². The molecule has 1 aromatic carbocycles. The molecule has 0 unspecified atom stereocenters. The topological polar surface area (TPSA) is 79.2 Å². The Labute approximate surface area is 116 Å². The van der Waals surface area contributed by atoms with Gasteiger partial charge in [-0.2, -0.15) is 5.26 Å². The fraction of sp³-hybridized carbons (Fsp3) is 0.308. The normalized spacial score (nSPS) is 9.53. The van der Waals surface area contributed by atoms with Crippen LogP contribution in [0.4, 0.5) is 5.69 Å². The van der Waals surface area contributed by atoms with Crippen molar-refractivity contribution in [1.82, 2.24) is 0 Å². The molecule has 0 radical (unpaired) electrons.